The van der Waals surface area contributed by atoms with E-state index in [1.54, 1.807) is 12.1 Å². The van der Waals surface area contributed by atoms with E-state index in [9.17, 15) is 14.7 Å². The number of aromatic amines is 1. The molecule has 27 heavy (non-hydrogen) atoms. The number of H-pyrrole nitrogens is 1. The number of amides is 1. The van der Waals surface area contributed by atoms with E-state index in [-0.39, 0.29) is 16.9 Å². The number of para-hydroxylation sites is 1. The van der Waals surface area contributed by atoms with Crippen molar-refractivity contribution in [2.75, 3.05) is 0 Å². The summed E-state index contributed by atoms with van der Waals surface area (Å²) >= 11 is 0. The lowest BCUT2D eigenvalue weighted by Gasteiger charge is -2.05. The number of hydrogen-bond acceptors (Lipinski definition) is 4. The minimum absolute atomic E-state index is 0.110. The second-order valence-corrected chi connectivity index (χ2v) is 6.06. The Morgan fingerprint density at radius 2 is 1.63 bits per heavy atom. The lowest BCUT2D eigenvalue weighted by molar-refractivity contribution is 0.0952. The molecule has 0 saturated heterocycles. The number of hydrogen-bond donors (Lipinski definition) is 3. The zero-order valence-corrected chi connectivity index (χ0v) is 14.1. The van der Waals surface area contributed by atoms with E-state index < -0.39 is 5.91 Å². The fourth-order valence-electron chi connectivity index (χ4n) is 2.89. The van der Waals surface area contributed by atoms with Crippen LogP contribution >= 0.6 is 0 Å². The van der Waals surface area contributed by atoms with Crippen molar-refractivity contribution in [3.63, 3.8) is 0 Å². The van der Waals surface area contributed by atoms with Crippen LogP contribution in [0.4, 0.5) is 0 Å². The summed E-state index contributed by atoms with van der Waals surface area (Å²) in [6.45, 7) is 0. The van der Waals surface area contributed by atoms with Crippen LogP contribution in [0.2, 0.25) is 0 Å². The fourth-order valence-corrected chi connectivity index (χ4v) is 2.89. The van der Waals surface area contributed by atoms with Gasteiger partial charge in [-0.2, -0.15) is 5.10 Å². The summed E-state index contributed by atoms with van der Waals surface area (Å²) < 4.78 is 0. The van der Waals surface area contributed by atoms with Crippen LogP contribution < -0.4 is 11.0 Å². The van der Waals surface area contributed by atoms with Gasteiger partial charge in [-0.15, -0.1) is 0 Å². The first-order valence-corrected chi connectivity index (χ1v) is 8.29. The van der Waals surface area contributed by atoms with E-state index in [0.29, 0.717) is 5.56 Å². The fraction of sp³-hybridized carbons (Fsp3) is 0. The first-order valence-electron chi connectivity index (χ1n) is 8.29. The van der Waals surface area contributed by atoms with Crippen molar-refractivity contribution in [2.24, 2.45) is 5.10 Å². The highest BCUT2D eigenvalue weighted by Gasteiger charge is 2.11. The maximum Gasteiger partial charge on any atom is 0.275 e. The number of aromatic hydroxyl groups is 1. The van der Waals surface area contributed by atoms with Gasteiger partial charge in [0.25, 0.3) is 11.5 Å². The van der Waals surface area contributed by atoms with Crippen LogP contribution in [0.15, 0.2) is 76.6 Å². The maximum absolute atomic E-state index is 12.3. The van der Waals surface area contributed by atoms with Gasteiger partial charge >= 0.3 is 0 Å². The number of pyridine rings is 1. The van der Waals surface area contributed by atoms with Crippen molar-refractivity contribution in [1.29, 1.82) is 0 Å². The summed E-state index contributed by atoms with van der Waals surface area (Å²) in [4.78, 5) is 27.2. The average Bonchev–Trinajstić information content (AvgIpc) is 2.67. The molecule has 4 rings (SSSR count). The van der Waals surface area contributed by atoms with Gasteiger partial charge in [0.05, 0.1) is 17.3 Å². The molecular weight excluding hydrogens is 342 g/mol. The summed E-state index contributed by atoms with van der Waals surface area (Å²) in [5, 5.41) is 16.5. The molecule has 0 aliphatic carbocycles. The Hall–Kier alpha value is -3.93. The molecular formula is C21H15N3O3. The Morgan fingerprint density at radius 1 is 0.963 bits per heavy atom. The Morgan fingerprint density at radius 3 is 2.41 bits per heavy atom. The molecule has 0 fully saturated rings. The number of carbonyl (C=O) groups excluding carboxylic acids is 1. The number of fused-ring (bicyclic) bond motifs is 2. The second-order valence-electron chi connectivity index (χ2n) is 6.06. The minimum atomic E-state index is -0.563. The molecule has 3 N–H and O–H groups in total. The van der Waals surface area contributed by atoms with Crippen molar-refractivity contribution in [2.45, 2.75) is 0 Å². The maximum atomic E-state index is 12.3. The van der Waals surface area contributed by atoms with Crippen LogP contribution in [-0.2, 0) is 0 Å². The van der Waals surface area contributed by atoms with E-state index in [0.717, 1.165) is 21.7 Å². The van der Waals surface area contributed by atoms with Gasteiger partial charge in [0, 0.05) is 5.52 Å². The van der Waals surface area contributed by atoms with Crippen molar-refractivity contribution in [3.05, 3.63) is 88.2 Å². The van der Waals surface area contributed by atoms with Gasteiger partial charge in [-0.1, -0.05) is 42.5 Å². The number of carbonyl (C=O) groups is 1. The van der Waals surface area contributed by atoms with E-state index in [4.69, 9.17) is 0 Å². The standard InChI is InChI=1S/C21H15N3O3/c25-19-11-14-6-2-1-5-13(14)10-17(19)21(27)24-22-12-16-9-15-7-3-4-8-18(15)23-20(16)26/h1-12,25H,(H,23,26)(H,24,27)/b22-12+. The third-order valence-electron chi connectivity index (χ3n) is 4.26. The zero-order chi connectivity index (χ0) is 18.8. The third kappa shape index (κ3) is 3.28. The SMILES string of the molecule is O=C(N/N=C/c1cc2ccccc2[nH]c1=O)c1cc2ccccc2cc1O. The molecule has 6 nitrogen and oxygen atoms in total. The summed E-state index contributed by atoms with van der Waals surface area (Å²) in [6, 6.07) is 19.6. The van der Waals surface area contributed by atoms with Gasteiger partial charge in [0.1, 0.15) is 5.75 Å². The van der Waals surface area contributed by atoms with Crippen LogP contribution in [-0.4, -0.2) is 22.2 Å². The van der Waals surface area contributed by atoms with Gasteiger partial charge in [-0.25, -0.2) is 5.43 Å². The lowest BCUT2D eigenvalue weighted by atomic mass is 10.1. The topological polar surface area (TPSA) is 94.5 Å². The number of rotatable bonds is 3. The molecule has 0 aliphatic rings. The first kappa shape index (κ1) is 16.5. The van der Waals surface area contributed by atoms with Crippen LogP contribution in [0.3, 0.4) is 0 Å². The Kier molecular flexibility index (Phi) is 4.14. The van der Waals surface area contributed by atoms with Crippen molar-refractivity contribution < 1.29 is 9.90 Å². The Bertz CT molecular complexity index is 1260. The van der Waals surface area contributed by atoms with Crippen molar-refractivity contribution >= 4 is 33.8 Å². The molecule has 6 heteroatoms. The van der Waals surface area contributed by atoms with Crippen LogP contribution in [0.25, 0.3) is 21.7 Å². The smallest absolute Gasteiger partial charge is 0.275 e. The number of phenols is 1. The molecule has 0 aliphatic heterocycles. The summed E-state index contributed by atoms with van der Waals surface area (Å²) in [7, 11) is 0. The number of phenolic OH excluding ortho intramolecular Hbond substituents is 1. The highest BCUT2D eigenvalue weighted by Crippen LogP contribution is 2.24. The Labute approximate surface area is 153 Å². The van der Waals surface area contributed by atoms with E-state index in [2.05, 4.69) is 15.5 Å². The Balaban J connectivity index is 1.58. The van der Waals surface area contributed by atoms with Crippen LogP contribution in [0.5, 0.6) is 5.75 Å². The van der Waals surface area contributed by atoms with Gasteiger partial charge in [0.15, 0.2) is 0 Å². The van der Waals surface area contributed by atoms with Crippen molar-refractivity contribution in [1.82, 2.24) is 10.4 Å². The summed E-state index contributed by atoms with van der Waals surface area (Å²) in [5.74, 6) is -0.698. The van der Waals surface area contributed by atoms with Crippen molar-refractivity contribution in [3.8, 4) is 5.75 Å². The molecule has 1 heterocycles. The quantitative estimate of drug-likeness (QED) is 0.388. The lowest BCUT2D eigenvalue weighted by Crippen LogP contribution is -2.19. The summed E-state index contributed by atoms with van der Waals surface area (Å²) in [6.07, 6.45) is 1.28. The number of hydrazone groups is 1. The van der Waals surface area contributed by atoms with Gasteiger partial charge < -0.3 is 10.1 Å². The normalized spacial score (nSPS) is 11.3. The summed E-state index contributed by atoms with van der Waals surface area (Å²) in [5.41, 5.74) is 3.19. The predicted molar refractivity (Wildman–Crippen MR) is 105 cm³/mol. The monoisotopic (exact) mass is 357 g/mol. The molecule has 3 aromatic carbocycles. The molecule has 1 aromatic heterocycles. The zero-order valence-electron chi connectivity index (χ0n) is 14.1. The molecule has 0 radical (unpaired) electrons. The van der Waals surface area contributed by atoms with Crippen LogP contribution in [0, 0.1) is 0 Å². The first-order chi connectivity index (χ1) is 13.1. The molecule has 0 saturated carbocycles. The molecule has 1 amide bonds. The van der Waals surface area contributed by atoms with E-state index >= 15 is 0 Å². The molecule has 132 valence electrons. The average molecular weight is 357 g/mol. The molecule has 0 unspecified atom stereocenters. The van der Waals surface area contributed by atoms with Gasteiger partial charge in [-0.3, -0.25) is 9.59 Å². The number of nitrogens with one attached hydrogen (secondary N) is 2. The molecule has 4 aromatic rings. The van der Waals surface area contributed by atoms with E-state index in [1.165, 1.54) is 12.3 Å². The van der Waals surface area contributed by atoms with E-state index in [1.807, 2.05) is 48.5 Å². The highest BCUT2D eigenvalue weighted by molar-refractivity contribution is 6.01. The molecule has 0 bridgehead atoms. The third-order valence-corrected chi connectivity index (χ3v) is 4.26. The molecule has 0 atom stereocenters. The van der Waals surface area contributed by atoms with Gasteiger partial charge in [-0.05, 0) is 40.4 Å². The predicted octanol–water partition coefficient (Wildman–Crippen LogP) is 3.15. The highest BCUT2D eigenvalue weighted by atomic mass is 16.3. The van der Waals surface area contributed by atoms with Gasteiger partial charge in [0.2, 0.25) is 0 Å². The largest absolute Gasteiger partial charge is 0.507 e. The van der Waals surface area contributed by atoms with Crippen LogP contribution in [0.1, 0.15) is 15.9 Å². The minimum Gasteiger partial charge on any atom is -0.507 e. The number of aromatic nitrogens is 1. The number of benzene rings is 3. The molecule has 0 spiro atoms. The number of nitrogens with zero attached hydrogens (tertiary/aromatic N) is 1. The second kappa shape index (κ2) is 6.76.